The van der Waals surface area contributed by atoms with Crippen molar-refractivity contribution in [2.75, 3.05) is 27.2 Å². The third kappa shape index (κ3) is 6.05. The number of likely N-dealkylation sites (N-methyl/N-ethyl adjacent to an activating group) is 1. The highest BCUT2D eigenvalue weighted by molar-refractivity contribution is 5.68. The maximum atomic E-state index is 11.9. The van der Waals surface area contributed by atoms with Crippen LogP contribution in [0.2, 0.25) is 0 Å². The van der Waals surface area contributed by atoms with E-state index >= 15 is 0 Å². The molecule has 1 aliphatic heterocycles. The van der Waals surface area contributed by atoms with E-state index < -0.39 is 5.60 Å². The van der Waals surface area contributed by atoms with Crippen molar-refractivity contribution in [3.63, 3.8) is 0 Å². The molecule has 0 spiro atoms. The summed E-state index contributed by atoms with van der Waals surface area (Å²) in [6.07, 6.45) is 1.83. The molecule has 5 nitrogen and oxygen atoms in total. The van der Waals surface area contributed by atoms with Gasteiger partial charge >= 0.3 is 6.09 Å². The smallest absolute Gasteiger partial charge is 0.410 e. The zero-order valence-corrected chi connectivity index (χ0v) is 13.2. The zero-order chi connectivity index (χ0) is 15.1. The molecule has 0 aromatic carbocycles. The molecular weight excluding hydrogens is 242 g/mol. The number of carbonyl (C=O) groups excluding carboxylic acids is 1. The van der Waals surface area contributed by atoms with Crippen molar-refractivity contribution < 1.29 is 9.53 Å². The lowest BCUT2D eigenvalue weighted by Crippen LogP contribution is -2.46. The number of nitrogens with one attached hydrogen (secondary N) is 1. The van der Waals surface area contributed by atoms with Crippen molar-refractivity contribution in [2.24, 2.45) is 4.99 Å². The molecule has 0 radical (unpaired) electrons. The summed E-state index contributed by atoms with van der Waals surface area (Å²) in [5, 5.41) is 3.33. The Morgan fingerprint density at radius 2 is 2.05 bits per heavy atom. The van der Waals surface area contributed by atoms with Crippen LogP contribution in [0.3, 0.4) is 0 Å². The number of hydrogen-bond donors (Lipinski definition) is 1. The minimum absolute atomic E-state index is 0.0803. The van der Waals surface area contributed by atoms with Gasteiger partial charge in [-0.05, 0) is 47.4 Å². The van der Waals surface area contributed by atoms with Gasteiger partial charge in [0.2, 0.25) is 0 Å². The summed E-state index contributed by atoms with van der Waals surface area (Å²) in [6.45, 7) is 12.5. The molecule has 1 fully saturated rings. The van der Waals surface area contributed by atoms with Gasteiger partial charge in [0.05, 0.1) is 0 Å². The van der Waals surface area contributed by atoms with Crippen molar-refractivity contribution in [3.05, 3.63) is 0 Å². The Labute approximate surface area is 117 Å². The Morgan fingerprint density at radius 3 is 2.37 bits per heavy atom. The average molecular weight is 271 g/mol. The summed E-state index contributed by atoms with van der Waals surface area (Å²) in [4.78, 5) is 16.9. The first-order valence-electron chi connectivity index (χ1n) is 6.75. The predicted molar refractivity (Wildman–Crippen MR) is 80.0 cm³/mol. The fraction of sp³-hybridized carbons (Fsp3) is 0.857. The number of carbonyl (C=O) groups is 1. The topological polar surface area (TPSA) is 53.9 Å². The van der Waals surface area contributed by atoms with Gasteiger partial charge in [-0.15, -0.1) is 0 Å². The Morgan fingerprint density at radius 1 is 1.53 bits per heavy atom. The largest absolute Gasteiger partial charge is 0.444 e. The van der Waals surface area contributed by atoms with Crippen LogP contribution in [0.15, 0.2) is 4.99 Å². The van der Waals surface area contributed by atoms with Gasteiger partial charge in [-0.3, -0.25) is 0 Å². The highest BCUT2D eigenvalue weighted by atomic mass is 16.6. The van der Waals surface area contributed by atoms with E-state index in [9.17, 15) is 4.79 Å². The van der Waals surface area contributed by atoms with E-state index in [4.69, 9.17) is 4.74 Å². The fourth-order valence-corrected chi connectivity index (χ4v) is 2.02. The number of amides is 1. The first-order valence-corrected chi connectivity index (χ1v) is 6.75. The van der Waals surface area contributed by atoms with Crippen LogP contribution in [0.25, 0.3) is 0 Å². The lowest BCUT2D eigenvalue weighted by atomic mass is 9.96. The number of hydrogen-bond acceptors (Lipinski definition) is 4. The standard InChI is InChI=1S/C12H24N2O2.C2H5N/c1-6-12(13-5)7-8-14(9-12)10(15)16-11(2,3)4;1-3-2/h13H,6-9H2,1-5H3;1H2,2H3. The second-order valence-corrected chi connectivity index (χ2v) is 5.85. The number of likely N-dealkylation sites (tertiary alicyclic amines) is 1. The van der Waals surface area contributed by atoms with Crippen molar-refractivity contribution in [3.8, 4) is 0 Å². The Kier molecular flexibility index (Phi) is 7.05. The normalized spacial score (nSPS) is 22.5. The lowest BCUT2D eigenvalue weighted by molar-refractivity contribution is 0.0281. The molecule has 1 heterocycles. The van der Waals surface area contributed by atoms with Gasteiger partial charge in [0.25, 0.3) is 0 Å². The van der Waals surface area contributed by atoms with Crippen molar-refractivity contribution in [1.29, 1.82) is 0 Å². The van der Waals surface area contributed by atoms with Crippen LogP contribution in [-0.2, 0) is 4.74 Å². The zero-order valence-electron chi connectivity index (χ0n) is 13.2. The number of ether oxygens (including phenoxy) is 1. The lowest BCUT2D eigenvalue weighted by Gasteiger charge is -2.28. The molecule has 0 aromatic rings. The van der Waals surface area contributed by atoms with E-state index in [0.717, 1.165) is 25.9 Å². The number of nitrogens with zero attached hydrogens (tertiary/aromatic N) is 2. The van der Waals surface area contributed by atoms with Gasteiger partial charge in [-0.2, -0.15) is 0 Å². The van der Waals surface area contributed by atoms with Gasteiger partial charge in [-0.1, -0.05) is 6.92 Å². The van der Waals surface area contributed by atoms with Crippen LogP contribution in [0.5, 0.6) is 0 Å². The maximum absolute atomic E-state index is 11.9. The first kappa shape index (κ1) is 17.9. The van der Waals surface area contributed by atoms with E-state index in [1.165, 1.54) is 0 Å². The van der Waals surface area contributed by atoms with Crippen LogP contribution < -0.4 is 5.32 Å². The van der Waals surface area contributed by atoms with Crippen LogP contribution in [-0.4, -0.2) is 56.0 Å². The van der Waals surface area contributed by atoms with Crippen LogP contribution in [0, 0.1) is 0 Å². The molecule has 0 aromatic heterocycles. The first-order chi connectivity index (χ1) is 8.73. The Balaban J connectivity index is 0.000000982. The molecule has 1 unspecified atom stereocenters. The Hall–Kier alpha value is -1.10. The van der Waals surface area contributed by atoms with Gasteiger partial charge in [0, 0.05) is 25.7 Å². The molecule has 1 rings (SSSR count). The molecular formula is C14H29N3O2. The summed E-state index contributed by atoms with van der Waals surface area (Å²) < 4.78 is 5.36. The number of aliphatic imine (C=N–C) groups is 1. The molecule has 0 bridgehead atoms. The average Bonchev–Trinajstić information content (AvgIpc) is 2.73. The summed E-state index contributed by atoms with van der Waals surface area (Å²) in [7, 11) is 3.60. The summed E-state index contributed by atoms with van der Waals surface area (Å²) in [5.74, 6) is 0. The molecule has 1 N–H and O–H groups in total. The van der Waals surface area contributed by atoms with Gasteiger partial charge in [-0.25, -0.2) is 4.79 Å². The van der Waals surface area contributed by atoms with E-state index in [-0.39, 0.29) is 11.6 Å². The molecule has 1 atom stereocenters. The van der Waals surface area contributed by atoms with Crippen molar-refractivity contribution in [1.82, 2.24) is 10.2 Å². The molecule has 1 saturated heterocycles. The van der Waals surface area contributed by atoms with Crippen molar-refractivity contribution >= 4 is 12.8 Å². The van der Waals surface area contributed by atoms with Crippen molar-refractivity contribution in [2.45, 2.75) is 51.7 Å². The van der Waals surface area contributed by atoms with Crippen LogP contribution >= 0.6 is 0 Å². The minimum atomic E-state index is -0.409. The van der Waals surface area contributed by atoms with Crippen LogP contribution in [0.4, 0.5) is 4.79 Å². The van der Waals surface area contributed by atoms with Crippen LogP contribution in [0.1, 0.15) is 40.5 Å². The third-order valence-electron chi connectivity index (χ3n) is 3.21. The molecule has 1 amide bonds. The van der Waals surface area contributed by atoms with Gasteiger partial charge in [0.15, 0.2) is 0 Å². The number of rotatable bonds is 2. The molecule has 112 valence electrons. The summed E-state index contributed by atoms with van der Waals surface area (Å²) >= 11 is 0. The molecule has 19 heavy (non-hydrogen) atoms. The highest BCUT2D eigenvalue weighted by Crippen LogP contribution is 2.25. The molecule has 0 saturated carbocycles. The Bertz CT molecular complexity index is 294. The van der Waals surface area contributed by atoms with Gasteiger partial charge in [0.1, 0.15) is 5.60 Å². The molecule has 0 aliphatic carbocycles. The van der Waals surface area contributed by atoms with E-state index in [1.807, 2.05) is 27.8 Å². The highest BCUT2D eigenvalue weighted by Gasteiger charge is 2.38. The second-order valence-electron chi connectivity index (χ2n) is 5.85. The summed E-state index contributed by atoms with van der Waals surface area (Å²) in [5.41, 5.74) is -0.328. The van der Waals surface area contributed by atoms with E-state index in [1.54, 1.807) is 11.9 Å². The van der Waals surface area contributed by atoms with Gasteiger partial charge < -0.3 is 19.9 Å². The molecule has 1 aliphatic rings. The quantitative estimate of drug-likeness (QED) is 0.784. The van der Waals surface area contributed by atoms with E-state index in [0.29, 0.717) is 0 Å². The predicted octanol–water partition coefficient (Wildman–Crippen LogP) is 2.31. The fourth-order valence-electron chi connectivity index (χ4n) is 2.02. The summed E-state index contributed by atoms with van der Waals surface area (Å²) in [6, 6.07) is 0. The molecule has 5 heteroatoms. The van der Waals surface area contributed by atoms with E-state index in [2.05, 4.69) is 24.0 Å². The third-order valence-corrected chi connectivity index (χ3v) is 3.21. The second kappa shape index (κ2) is 7.48. The minimum Gasteiger partial charge on any atom is -0.444 e. The SMILES string of the molecule is C=NC.CCC1(NC)CCN(C(=O)OC(C)(C)C)C1. The maximum Gasteiger partial charge on any atom is 0.410 e. The monoisotopic (exact) mass is 271 g/mol.